The predicted molar refractivity (Wildman–Crippen MR) is 71.4 cm³/mol. The summed E-state index contributed by atoms with van der Waals surface area (Å²) >= 11 is 0. The van der Waals surface area contributed by atoms with E-state index >= 15 is 0 Å². The Morgan fingerprint density at radius 2 is 2.15 bits per heavy atom. The largest absolute Gasteiger partial charge is 0.392 e. The summed E-state index contributed by atoms with van der Waals surface area (Å²) in [4.78, 5) is 2.18. The highest BCUT2D eigenvalue weighted by molar-refractivity contribution is 5.22. The summed E-state index contributed by atoms with van der Waals surface area (Å²) in [5, 5.41) is 13.7. The normalized spacial score (nSPS) is 23.4. The zero-order valence-corrected chi connectivity index (χ0v) is 11.3. The van der Waals surface area contributed by atoms with Crippen LogP contribution in [0.4, 0.5) is 4.39 Å². The molecule has 20 heavy (non-hydrogen) atoms. The molecule has 0 spiro atoms. The summed E-state index contributed by atoms with van der Waals surface area (Å²) in [6.07, 6.45) is 2.02. The average molecular weight is 276 g/mol. The molecular formula is C15H17FN2O2. The molecule has 1 aliphatic rings. The van der Waals surface area contributed by atoms with Gasteiger partial charge in [-0.3, -0.25) is 4.90 Å². The molecule has 0 amide bonds. The van der Waals surface area contributed by atoms with Crippen LogP contribution in [0.5, 0.6) is 0 Å². The van der Waals surface area contributed by atoms with Crippen LogP contribution in [-0.2, 0) is 6.54 Å². The maximum absolute atomic E-state index is 13.0. The Kier molecular flexibility index (Phi) is 3.54. The van der Waals surface area contributed by atoms with Gasteiger partial charge < -0.3 is 9.63 Å². The Labute approximate surface area is 116 Å². The van der Waals surface area contributed by atoms with Crippen molar-refractivity contribution in [2.45, 2.75) is 32.0 Å². The van der Waals surface area contributed by atoms with E-state index in [2.05, 4.69) is 10.1 Å². The van der Waals surface area contributed by atoms with Crippen molar-refractivity contribution < 1.29 is 14.0 Å². The minimum Gasteiger partial charge on any atom is -0.392 e. The summed E-state index contributed by atoms with van der Waals surface area (Å²) < 4.78 is 18.1. The van der Waals surface area contributed by atoms with Crippen molar-refractivity contribution in [2.75, 3.05) is 6.54 Å². The number of hydrogen-bond donors (Lipinski definition) is 1. The molecule has 106 valence electrons. The number of aryl methyl sites for hydroxylation is 1. The van der Waals surface area contributed by atoms with Crippen LogP contribution in [-0.4, -0.2) is 27.8 Å². The molecule has 1 saturated heterocycles. The molecule has 0 aliphatic carbocycles. The first kappa shape index (κ1) is 13.3. The van der Waals surface area contributed by atoms with Crippen LogP contribution in [0.2, 0.25) is 0 Å². The summed E-state index contributed by atoms with van der Waals surface area (Å²) in [6.45, 7) is 3.16. The van der Waals surface area contributed by atoms with Crippen molar-refractivity contribution in [3.63, 3.8) is 0 Å². The molecule has 0 saturated carbocycles. The topological polar surface area (TPSA) is 49.5 Å². The molecule has 3 rings (SSSR count). The monoisotopic (exact) mass is 276 g/mol. The van der Waals surface area contributed by atoms with E-state index in [0.717, 1.165) is 16.9 Å². The third kappa shape index (κ3) is 2.59. The number of halogens is 1. The second-order valence-electron chi connectivity index (χ2n) is 5.29. The lowest BCUT2D eigenvalue weighted by Crippen LogP contribution is -2.24. The van der Waals surface area contributed by atoms with E-state index in [1.807, 2.05) is 6.92 Å². The van der Waals surface area contributed by atoms with Gasteiger partial charge in [-0.1, -0.05) is 17.3 Å². The van der Waals surface area contributed by atoms with Crippen molar-refractivity contribution in [3.05, 3.63) is 53.2 Å². The SMILES string of the molecule is Cc1oncc1CN1CC(O)CC1c1ccc(F)cc1. The van der Waals surface area contributed by atoms with Crippen LogP contribution in [0.3, 0.4) is 0 Å². The molecule has 2 atom stereocenters. The number of benzene rings is 1. The van der Waals surface area contributed by atoms with Crippen molar-refractivity contribution in [3.8, 4) is 0 Å². The Morgan fingerprint density at radius 3 is 2.80 bits per heavy atom. The fourth-order valence-corrected chi connectivity index (χ4v) is 2.78. The van der Waals surface area contributed by atoms with Gasteiger partial charge in [0.25, 0.3) is 0 Å². The van der Waals surface area contributed by atoms with Crippen LogP contribution < -0.4 is 0 Å². The van der Waals surface area contributed by atoms with Gasteiger partial charge in [0.05, 0.1) is 12.3 Å². The lowest BCUT2D eigenvalue weighted by atomic mass is 10.0. The molecule has 2 aromatic rings. The highest BCUT2D eigenvalue weighted by atomic mass is 19.1. The predicted octanol–water partition coefficient (Wildman–Crippen LogP) is 2.43. The highest BCUT2D eigenvalue weighted by Gasteiger charge is 2.32. The van der Waals surface area contributed by atoms with Gasteiger partial charge in [-0.25, -0.2) is 4.39 Å². The molecule has 0 bridgehead atoms. The number of likely N-dealkylation sites (tertiary alicyclic amines) is 1. The number of aliphatic hydroxyl groups is 1. The van der Waals surface area contributed by atoms with E-state index in [9.17, 15) is 9.50 Å². The van der Waals surface area contributed by atoms with Crippen molar-refractivity contribution >= 4 is 0 Å². The quantitative estimate of drug-likeness (QED) is 0.935. The highest BCUT2D eigenvalue weighted by Crippen LogP contribution is 2.33. The molecule has 0 radical (unpaired) electrons. The minimum atomic E-state index is -0.356. The first-order valence-corrected chi connectivity index (χ1v) is 6.71. The Hall–Kier alpha value is -1.72. The fourth-order valence-electron chi connectivity index (χ4n) is 2.78. The van der Waals surface area contributed by atoms with E-state index in [1.54, 1.807) is 18.3 Å². The number of β-amino-alcohol motifs (C(OH)–C–C–N with tert-alkyl or cyclic N) is 1. The van der Waals surface area contributed by atoms with Gasteiger partial charge in [0.15, 0.2) is 0 Å². The van der Waals surface area contributed by atoms with Gasteiger partial charge in [-0.2, -0.15) is 0 Å². The zero-order valence-electron chi connectivity index (χ0n) is 11.3. The molecular weight excluding hydrogens is 259 g/mol. The Morgan fingerprint density at radius 1 is 1.40 bits per heavy atom. The summed E-state index contributed by atoms with van der Waals surface area (Å²) in [5.41, 5.74) is 2.04. The van der Waals surface area contributed by atoms with Crippen LogP contribution in [0.25, 0.3) is 0 Å². The molecule has 5 heteroatoms. The number of aliphatic hydroxyl groups excluding tert-OH is 1. The van der Waals surface area contributed by atoms with E-state index in [0.29, 0.717) is 19.5 Å². The van der Waals surface area contributed by atoms with E-state index in [4.69, 9.17) is 4.52 Å². The Bertz CT molecular complexity index is 582. The zero-order chi connectivity index (χ0) is 14.1. The third-order valence-electron chi connectivity index (χ3n) is 3.86. The maximum Gasteiger partial charge on any atom is 0.138 e. The second-order valence-corrected chi connectivity index (χ2v) is 5.29. The fraction of sp³-hybridized carbons (Fsp3) is 0.400. The van der Waals surface area contributed by atoms with E-state index < -0.39 is 0 Å². The van der Waals surface area contributed by atoms with Crippen LogP contribution in [0.15, 0.2) is 35.0 Å². The smallest absolute Gasteiger partial charge is 0.138 e. The van der Waals surface area contributed by atoms with Gasteiger partial charge in [0, 0.05) is 24.7 Å². The van der Waals surface area contributed by atoms with Gasteiger partial charge in [-0.15, -0.1) is 0 Å². The van der Waals surface area contributed by atoms with Gasteiger partial charge in [0.2, 0.25) is 0 Å². The minimum absolute atomic E-state index is 0.0971. The maximum atomic E-state index is 13.0. The second kappa shape index (κ2) is 5.34. The van der Waals surface area contributed by atoms with E-state index in [1.165, 1.54) is 12.1 Å². The molecule has 1 aromatic heterocycles. The first-order valence-electron chi connectivity index (χ1n) is 6.71. The lowest BCUT2D eigenvalue weighted by molar-refractivity contribution is 0.172. The molecule has 1 aliphatic heterocycles. The summed E-state index contributed by atoms with van der Waals surface area (Å²) in [7, 11) is 0. The number of hydrogen-bond acceptors (Lipinski definition) is 4. The molecule has 1 aromatic carbocycles. The molecule has 2 unspecified atom stereocenters. The van der Waals surface area contributed by atoms with E-state index in [-0.39, 0.29) is 18.0 Å². The first-order chi connectivity index (χ1) is 9.63. The van der Waals surface area contributed by atoms with Crippen LogP contribution in [0.1, 0.15) is 29.3 Å². The van der Waals surface area contributed by atoms with Crippen LogP contribution >= 0.6 is 0 Å². The van der Waals surface area contributed by atoms with Crippen molar-refractivity contribution in [1.29, 1.82) is 0 Å². The van der Waals surface area contributed by atoms with Crippen LogP contribution in [0, 0.1) is 12.7 Å². The molecule has 1 fully saturated rings. The molecule has 2 heterocycles. The molecule has 1 N–H and O–H groups in total. The number of nitrogens with zero attached hydrogens (tertiary/aromatic N) is 2. The molecule has 4 nitrogen and oxygen atoms in total. The number of rotatable bonds is 3. The van der Waals surface area contributed by atoms with Gasteiger partial charge in [-0.05, 0) is 31.0 Å². The third-order valence-corrected chi connectivity index (χ3v) is 3.86. The summed E-state index contributed by atoms with van der Waals surface area (Å²) in [5.74, 6) is 0.554. The van der Waals surface area contributed by atoms with Crippen molar-refractivity contribution in [2.24, 2.45) is 0 Å². The number of aromatic nitrogens is 1. The Balaban J connectivity index is 1.81. The van der Waals surface area contributed by atoms with Gasteiger partial charge >= 0.3 is 0 Å². The standard InChI is InChI=1S/C15H17FN2O2/c1-10-12(7-17-20-10)8-18-9-14(19)6-15(18)11-2-4-13(16)5-3-11/h2-5,7,14-15,19H,6,8-9H2,1H3. The summed E-state index contributed by atoms with van der Waals surface area (Å²) in [6, 6.07) is 6.59. The average Bonchev–Trinajstić information content (AvgIpc) is 2.98. The lowest BCUT2D eigenvalue weighted by Gasteiger charge is -2.24. The van der Waals surface area contributed by atoms with Gasteiger partial charge in [0.1, 0.15) is 11.6 Å². The van der Waals surface area contributed by atoms with Crippen molar-refractivity contribution in [1.82, 2.24) is 10.1 Å².